The van der Waals surface area contributed by atoms with Gasteiger partial charge in [0.25, 0.3) is 0 Å². The number of nitrogens with one attached hydrogen (secondary N) is 1. The molecule has 9 heteroatoms. The number of anilines is 1. The summed E-state index contributed by atoms with van der Waals surface area (Å²) in [6, 6.07) is 3.25. The summed E-state index contributed by atoms with van der Waals surface area (Å²) in [4.78, 5) is 30.0. The maximum Gasteiger partial charge on any atom is 0.320 e. The van der Waals surface area contributed by atoms with Gasteiger partial charge in [0.05, 0.1) is 19.8 Å². The van der Waals surface area contributed by atoms with Crippen molar-refractivity contribution in [3.8, 4) is 0 Å². The molecule has 1 N–H and O–H groups in total. The zero-order valence-electron chi connectivity index (χ0n) is 14.4. The van der Waals surface area contributed by atoms with Gasteiger partial charge in [-0.2, -0.15) is 0 Å². The smallest absolute Gasteiger partial charge is 0.320 e. The van der Waals surface area contributed by atoms with Gasteiger partial charge in [0.15, 0.2) is 11.6 Å². The van der Waals surface area contributed by atoms with Crippen molar-refractivity contribution < 1.29 is 23.1 Å². The molecular weight excluding hydrogens is 346 g/mol. The normalized spacial score (nSPS) is 18.7. The van der Waals surface area contributed by atoms with Gasteiger partial charge in [-0.1, -0.05) is 0 Å². The highest BCUT2D eigenvalue weighted by atomic mass is 19.2. The number of halogens is 2. The highest BCUT2D eigenvalue weighted by molar-refractivity contribution is 5.92. The van der Waals surface area contributed by atoms with Gasteiger partial charge in [-0.15, -0.1) is 0 Å². The standard InChI is InChI=1S/C17H22F2N4O3/c18-14-2-1-13(11-15(14)19)20-16(24)12-21-3-5-22(6-4-21)17(25)23-7-9-26-10-8-23/h1-2,11H,3-10,12H2,(H,20,24). The van der Waals surface area contributed by atoms with Gasteiger partial charge in [-0.3, -0.25) is 9.69 Å². The summed E-state index contributed by atoms with van der Waals surface area (Å²) in [6.45, 7) is 4.75. The molecule has 26 heavy (non-hydrogen) atoms. The molecule has 0 aromatic heterocycles. The lowest BCUT2D eigenvalue weighted by molar-refractivity contribution is -0.117. The van der Waals surface area contributed by atoms with Crippen molar-refractivity contribution in [2.75, 3.05) is 64.3 Å². The number of ether oxygens (including phenoxy) is 1. The molecule has 142 valence electrons. The lowest BCUT2D eigenvalue weighted by atomic mass is 10.3. The van der Waals surface area contributed by atoms with Gasteiger partial charge in [-0.25, -0.2) is 13.6 Å². The van der Waals surface area contributed by atoms with Crippen LogP contribution in [0.15, 0.2) is 18.2 Å². The van der Waals surface area contributed by atoms with E-state index in [1.807, 2.05) is 4.90 Å². The number of piperazine rings is 1. The van der Waals surface area contributed by atoms with Crippen molar-refractivity contribution in [1.29, 1.82) is 0 Å². The van der Waals surface area contributed by atoms with Crippen LogP contribution in [0.4, 0.5) is 19.3 Å². The van der Waals surface area contributed by atoms with Crippen LogP contribution in [0.2, 0.25) is 0 Å². The predicted molar refractivity (Wildman–Crippen MR) is 90.8 cm³/mol. The largest absolute Gasteiger partial charge is 0.378 e. The van der Waals surface area contributed by atoms with E-state index in [9.17, 15) is 18.4 Å². The molecule has 0 unspecified atom stereocenters. The van der Waals surface area contributed by atoms with Crippen molar-refractivity contribution in [1.82, 2.24) is 14.7 Å². The number of morpholine rings is 1. The van der Waals surface area contributed by atoms with Crippen molar-refractivity contribution in [3.05, 3.63) is 29.8 Å². The van der Waals surface area contributed by atoms with Gasteiger partial charge < -0.3 is 19.9 Å². The number of hydrogen-bond acceptors (Lipinski definition) is 4. The Balaban J connectivity index is 1.43. The minimum atomic E-state index is -1.00. The highest BCUT2D eigenvalue weighted by Crippen LogP contribution is 2.13. The lowest BCUT2D eigenvalue weighted by Crippen LogP contribution is -2.55. The quantitative estimate of drug-likeness (QED) is 0.864. The molecule has 1 aromatic rings. The maximum absolute atomic E-state index is 13.2. The van der Waals surface area contributed by atoms with Gasteiger partial charge >= 0.3 is 6.03 Å². The number of carbonyl (C=O) groups is 2. The van der Waals surface area contributed by atoms with Crippen LogP contribution in [0.3, 0.4) is 0 Å². The van der Waals surface area contributed by atoms with Gasteiger partial charge in [0.1, 0.15) is 0 Å². The van der Waals surface area contributed by atoms with Crippen molar-refractivity contribution in [2.45, 2.75) is 0 Å². The third kappa shape index (κ3) is 4.67. The predicted octanol–water partition coefficient (Wildman–Crippen LogP) is 0.973. The van der Waals surface area contributed by atoms with Crippen molar-refractivity contribution in [2.24, 2.45) is 0 Å². The summed E-state index contributed by atoms with van der Waals surface area (Å²) in [7, 11) is 0. The molecule has 2 saturated heterocycles. The van der Waals surface area contributed by atoms with E-state index in [4.69, 9.17) is 4.74 Å². The average molecular weight is 368 g/mol. The molecule has 1 aromatic carbocycles. The topological polar surface area (TPSA) is 65.1 Å². The molecular formula is C17H22F2N4O3. The van der Waals surface area contributed by atoms with Crippen LogP contribution < -0.4 is 5.32 Å². The minimum absolute atomic E-state index is 0.0131. The Kier molecular flexibility index (Phi) is 6.00. The van der Waals surface area contributed by atoms with Gasteiger partial charge in [0, 0.05) is 51.0 Å². The van der Waals surface area contributed by atoms with E-state index in [-0.39, 0.29) is 24.2 Å². The van der Waals surface area contributed by atoms with E-state index < -0.39 is 11.6 Å². The molecule has 0 bridgehead atoms. The molecule has 0 atom stereocenters. The van der Waals surface area contributed by atoms with Crippen LogP contribution in [0, 0.1) is 11.6 Å². The Labute approximate surface area is 150 Å². The molecule has 2 fully saturated rings. The lowest BCUT2D eigenvalue weighted by Gasteiger charge is -2.38. The van der Waals surface area contributed by atoms with Crippen molar-refractivity contribution in [3.63, 3.8) is 0 Å². The third-order valence-corrected chi connectivity index (χ3v) is 4.49. The number of hydrogen-bond donors (Lipinski definition) is 1. The van der Waals surface area contributed by atoms with E-state index in [0.717, 1.165) is 12.1 Å². The summed E-state index contributed by atoms with van der Waals surface area (Å²) in [6.07, 6.45) is 0. The maximum atomic E-state index is 13.2. The SMILES string of the molecule is O=C(CN1CCN(C(=O)N2CCOCC2)CC1)Nc1ccc(F)c(F)c1. The second-order valence-electron chi connectivity index (χ2n) is 6.32. The van der Waals surface area contributed by atoms with Crippen LogP contribution >= 0.6 is 0 Å². The zero-order chi connectivity index (χ0) is 18.5. The molecule has 3 amide bonds. The Hall–Kier alpha value is -2.26. The second-order valence-corrected chi connectivity index (χ2v) is 6.32. The average Bonchev–Trinajstić information content (AvgIpc) is 2.65. The van der Waals surface area contributed by atoms with Crippen LogP contribution in [0.1, 0.15) is 0 Å². The fraction of sp³-hybridized carbons (Fsp3) is 0.529. The number of amides is 3. The van der Waals surface area contributed by atoms with Crippen LogP contribution in [0.25, 0.3) is 0 Å². The summed E-state index contributed by atoms with van der Waals surface area (Å²) in [5, 5.41) is 2.55. The molecule has 0 spiro atoms. The first-order valence-electron chi connectivity index (χ1n) is 8.62. The first kappa shape index (κ1) is 18.5. The van der Waals surface area contributed by atoms with Crippen LogP contribution in [-0.2, 0) is 9.53 Å². The van der Waals surface area contributed by atoms with E-state index in [0.29, 0.717) is 52.5 Å². The monoisotopic (exact) mass is 368 g/mol. The number of benzene rings is 1. The number of carbonyl (C=O) groups excluding carboxylic acids is 2. The summed E-state index contributed by atoms with van der Waals surface area (Å²) in [5.74, 6) is -2.26. The third-order valence-electron chi connectivity index (χ3n) is 4.49. The Bertz CT molecular complexity index is 659. The molecule has 7 nitrogen and oxygen atoms in total. The van der Waals surface area contributed by atoms with Gasteiger partial charge in [0.2, 0.25) is 5.91 Å². The van der Waals surface area contributed by atoms with Crippen LogP contribution in [0.5, 0.6) is 0 Å². The first-order valence-corrected chi connectivity index (χ1v) is 8.62. The molecule has 2 aliphatic heterocycles. The number of rotatable bonds is 3. The molecule has 0 radical (unpaired) electrons. The van der Waals surface area contributed by atoms with E-state index in [1.54, 1.807) is 9.80 Å². The molecule has 0 aliphatic carbocycles. The number of urea groups is 1. The van der Waals surface area contributed by atoms with E-state index in [1.165, 1.54) is 6.07 Å². The Morgan fingerprint density at radius 3 is 2.27 bits per heavy atom. The summed E-state index contributed by atoms with van der Waals surface area (Å²) < 4.78 is 31.3. The molecule has 2 aliphatic rings. The zero-order valence-corrected chi connectivity index (χ0v) is 14.4. The van der Waals surface area contributed by atoms with Crippen LogP contribution in [-0.4, -0.2) is 85.7 Å². The molecule has 2 heterocycles. The fourth-order valence-corrected chi connectivity index (χ4v) is 3.03. The van der Waals surface area contributed by atoms with Gasteiger partial charge in [-0.05, 0) is 12.1 Å². The fourth-order valence-electron chi connectivity index (χ4n) is 3.03. The molecule has 0 saturated carbocycles. The highest BCUT2D eigenvalue weighted by Gasteiger charge is 2.27. The minimum Gasteiger partial charge on any atom is -0.378 e. The summed E-state index contributed by atoms with van der Waals surface area (Å²) in [5.41, 5.74) is 0.218. The van der Waals surface area contributed by atoms with E-state index in [2.05, 4.69) is 5.32 Å². The summed E-state index contributed by atoms with van der Waals surface area (Å²) >= 11 is 0. The number of nitrogens with zero attached hydrogens (tertiary/aromatic N) is 3. The van der Waals surface area contributed by atoms with E-state index >= 15 is 0 Å². The Morgan fingerprint density at radius 1 is 0.962 bits per heavy atom. The Morgan fingerprint density at radius 2 is 1.62 bits per heavy atom. The second kappa shape index (κ2) is 8.41. The van der Waals surface area contributed by atoms with Crippen molar-refractivity contribution >= 4 is 17.6 Å². The first-order chi connectivity index (χ1) is 12.5. The molecule has 3 rings (SSSR count).